The maximum absolute atomic E-state index is 8.90. The standard InChI is InChI=1S/C13H15BrN2O/c1-10-6-11(7-14)2-3-13(10)16-4-5-17-12(8-15)9-16/h2-3,6,12H,4-5,7,9H2,1H3. The molecule has 0 radical (unpaired) electrons. The number of alkyl halides is 1. The highest BCUT2D eigenvalue weighted by molar-refractivity contribution is 9.08. The minimum absolute atomic E-state index is 0.306. The molecule has 0 saturated carbocycles. The van der Waals surface area contributed by atoms with Crippen LogP contribution in [0.4, 0.5) is 5.69 Å². The van der Waals surface area contributed by atoms with Gasteiger partial charge in [-0.1, -0.05) is 28.1 Å². The van der Waals surface area contributed by atoms with Crippen LogP contribution in [0.15, 0.2) is 18.2 Å². The van der Waals surface area contributed by atoms with Crippen LogP contribution in [0.1, 0.15) is 11.1 Å². The second kappa shape index (κ2) is 5.52. The van der Waals surface area contributed by atoms with Crippen molar-refractivity contribution in [1.82, 2.24) is 0 Å². The van der Waals surface area contributed by atoms with Gasteiger partial charge in [-0.25, -0.2) is 0 Å². The third-order valence-corrected chi connectivity index (χ3v) is 3.61. The number of benzene rings is 1. The fourth-order valence-corrected chi connectivity index (χ4v) is 2.45. The molecule has 0 spiro atoms. The van der Waals surface area contributed by atoms with Crippen molar-refractivity contribution in [1.29, 1.82) is 5.26 Å². The number of morpholine rings is 1. The van der Waals surface area contributed by atoms with Crippen molar-refractivity contribution in [2.45, 2.75) is 18.4 Å². The second-order valence-electron chi connectivity index (χ2n) is 4.19. The summed E-state index contributed by atoms with van der Waals surface area (Å²) >= 11 is 3.46. The molecule has 1 heterocycles. The molecule has 1 aliphatic heterocycles. The zero-order valence-corrected chi connectivity index (χ0v) is 11.4. The summed E-state index contributed by atoms with van der Waals surface area (Å²) in [7, 11) is 0. The van der Waals surface area contributed by atoms with E-state index in [-0.39, 0.29) is 6.10 Å². The first kappa shape index (κ1) is 12.4. The van der Waals surface area contributed by atoms with Crippen molar-refractivity contribution in [2.75, 3.05) is 24.6 Å². The largest absolute Gasteiger partial charge is 0.365 e. The van der Waals surface area contributed by atoms with Crippen LogP contribution in [0.2, 0.25) is 0 Å². The number of hydrogen-bond acceptors (Lipinski definition) is 3. The van der Waals surface area contributed by atoms with E-state index >= 15 is 0 Å². The topological polar surface area (TPSA) is 36.3 Å². The van der Waals surface area contributed by atoms with E-state index in [0.717, 1.165) is 11.9 Å². The Balaban J connectivity index is 2.19. The van der Waals surface area contributed by atoms with E-state index in [4.69, 9.17) is 10.00 Å². The summed E-state index contributed by atoms with van der Waals surface area (Å²) in [6.45, 7) is 4.24. The number of halogens is 1. The van der Waals surface area contributed by atoms with Gasteiger partial charge in [0, 0.05) is 17.6 Å². The van der Waals surface area contributed by atoms with Gasteiger partial charge in [-0.05, 0) is 24.1 Å². The Labute approximate surface area is 110 Å². The molecule has 17 heavy (non-hydrogen) atoms. The lowest BCUT2D eigenvalue weighted by molar-refractivity contribution is 0.0764. The van der Waals surface area contributed by atoms with Crippen molar-refractivity contribution in [2.24, 2.45) is 0 Å². The monoisotopic (exact) mass is 294 g/mol. The van der Waals surface area contributed by atoms with E-state index in [1.807, 2.05) is 0 Å². The van der Waals surface area contributed by atoms with Crippen LogP contribution >= 0.6 is 15.9 Å². The Morgan fingerprint density at radius 2 is 2.41 bits per heavy atom. The van der Waals surface area contributed by atoms with Gasteiger partial charge >= 0.3 is 0 Å². The molecule has 1 unspecified atom stereocenters. The van der Waals surface area contributed by atoms with E-state index in [2.05, 4.69) is 52.0 Å². The van der Waals surface area contributed by atoms with Gasteiger partial charge < -0.3 is 9.64 Å². The van der Waals surface area contributed by atoms with Gasteiger partial charge in [-0.3, -0.25) is 0 Å². The summed E-state index contributed by atoms with van der Waals surface area (Å²) in [6, 6.07) is 8.61. The normalized spacial score (nSPS) is 20.1. The van der Waals surface area contributed by atoms with E-state index in [1.165, 1.54) is 16.8 Å². The molecule has 0 bridgehead atoms. The molecule has 0 N–H and O–H groups in total. The highest BCUT2D eigenvalue weighted by Crippen LogP contribution is 2.24. The molecule has 1 aromatic rings. The van der Waals surface area contributed by atoms with Crippen molar-refractivity contribution in [3.63, 3.8) is 0 Å². The van der Waals surface area contributed by atoms with E-state index in [9.17, 15) is 0 Å². The average molecular weight is 295 g/mol. The number of aryl methyl sites for hydroxylation is 1. The molecule has 0 aromatic heterocycles. The van der Waals surface area contributed by atoms with Gasteiger partial charge in [0.15, 0.2) is 6.10 Å². The Morgan fingerprint density at radius 1 is 1.59 bits per heavy atom. The molecule has 4 heteroatoms. The number of nitrogens with zero attached hydrogens (tertiary/aromatic N) is 2. The molecule has 1 aliphatic rings. The third-order valence-electron chi connectivity index (χ3n) is 2.97. The van der Waals surface area contributed by atoms with Gasteiger partial charge in [-0.15, -0.1) is 0 Å². The molecule has 3 nitrogen and oxygen atoms in total. The smallest absolute Gasteiger partial charge is 0.161 e. The predicted octanol–water partition coefficient (Wildman–Crippen LogP) is 2.62. The number of hydrogen-bond donors (Lipinski definition) is 0. The summed E-state index contributed by atoms with van der Waals surface area (Å²) in [4.78, 5) is 2.23. The Morgan fingerprint density at radius 3 is 3.06 bits per heavy atom. The van der Waals surface area contributed by atoms with Gasteiger partial charge in [0.1, 0.15) is 0 Å². The molecule has 1 aromatic carbocycles. The molecule has 1 saturated heterocycles. The summed E-state index contributed by atoms with van der Waals surface area (Å²) in [5.74, 6) is 0. The van der Waals surface area contributed by atoms with Gasteiger partial charge in [0.2, 0.25) is 0 Å². The van der Waals surface area contributed by atoms with E-state index in [1.54, 1.807) is 0 Å². The first-order chi connectivity index (χ1) is 8.24. The van der Waals surface area contributed by atoms with Crippen molar-refractivity contribution >= 4 is 21.6 Å². The molecule has 0 aliphatic carbocycles. The Hall–Kier alpha value is -1.05. The molecular formula is C13H15BrN2O. The summed E-state index contributed by atoms with van der Waals surface area (Å²) in [6.07, 6.45) is -0.306. The predicted molar refractivity (Wildman–Crippen MR) is 71.4 cm³/mol. The average Bonchev–Trinajstić information content (AvgIpc) is 2.38. The molecule has 0 amide bonds. The summed E-state index contributed by atoms with van der Waals surface area (Å²) in [5, 5.41) is 9.77. The third kappa shape index (κ3) is 2.80. The van der Waals surface area contributed by atoms with Crippen LogP contribution in [-0.2, 0) is 10.1 Å². The van der Waals surface area contributed by atoms with Crippen LogP contribution in [0, 0.1) is 18.3 Å². The number of ether oxygens (including phenoxy) is 1. The zero-order valence-electron chi connectivity index (χ0n) is 9.82. The number of nitriles is 1. The highest BCUT2D eigenvalue weighted by atomic mass is 79.9. The first-order valence-electron chi connectivity index (χ1n) is 5.66. The fraction of sp³-hybridized carbons (Fsp3) is 0.462. The second-order valence-corrected chi connectivity index (χ2v) is 4.75. The van der Waals surface area contributed by atoms with Gasteiger partial charge in [-0.2, -0.15) is 5.26 Å². The summed E-state index contributed by atoms with van der Waals surface area (Å²) < 4.78 is 5.35. The first-order valence-corrected chi connectivity index (χ1v) is 6.78. The van der Waals surface area contributed by atoms with E-state index in [0.29, 0.717) is 13.2 Å². The van der Waals surface area contributed by atoms with Gasteiger partial charge in [0.25, 0.3) is 0 Å². The molecule has 1 atom stereocenters. The van der Waals surface area contributed by atoms with Crippen LogP contribution in [-0.4, -0.2) is 25.8 Å². The maximum atomic E-state index is 8.90. The quantitative estimate of drug-likeness (QED) is 0.787. The number of rotatable bonds is 2. The molecule has 2 rings (SSSR count). The minimum Gasteiger partial charge on any atom is -0.365 e. The lowest BCUT2D eigenvalue weighted by Gasteiger charge is -2.32. The lowest BCUT2D eigenvalue weighted by atomic mass is 10.1. The van der Waals surface area contributed by atoms with Crippen molar-refractivity contribution in [3.05, 3.63) is 29.3 Å². The van der Waals surface area contributed by atoms with Crippen LogP contribution in [0.5, 0.6) is 0 Å². The Bertz CT molecular complexity index is 442. The minimum atomic E-state index is -0.306. The van der Waals surface area contributed by atoms with Gasteiger partial charge in [0.05, 0.1) is 19.2 Å². The van der Waals surface area contributed by atoms with Crippen LogP contribution < -0.4 is 4.90 Å². The van der Waals surface area contributed by atoms with Crippen molar-refractivity contribution in [3.8, 4) is 6.07 Å². The summed E-state index contributed by atoms with van der Waals surface area (Å²) in [5.41, 5.74) is 3.73. The Kier molecular flexibility index (Phi) is 4.03. The van der Waals surface area contributed by atoms with Crippen molar-refractivity contribution < 1.29 is 4.74 Å². The molecular weight excluding hydrogens is 280 g/mol. The molecule has 1 fully saturated rings. The highest BCUT2D eigenvalue weighted by Gasteiger charge is 2.21. The number of anilines is 1. The van der Waals surface area contributed by atoms with Crippen LogP contribution in [0.3, 0.4) is 0 Å². The van der Waals surface area contributed by atoms with Crippen LogP contribution in [0.25, 0.3) is 0 Å². The SMILES string of the molecule is Cc1cc(CBr)ccc1N1CCOC(C#N)C1. The van der Waals surface area contributed by atoms with E-state index < -0.39 is 0 Å². The fourth-order valence-electron chi connectivity index (χ4n) is 2.10. The zero-order chi connectivity index (χ0) is 12.3. The molecule has 90 valence electrons. The maximum Gasteiger partial charge on any atom is 0.161 e. The lowest BCUT2D eigenvalue weighted by Crippen LogP contribution is -2.42.